The normalized spacial score (nSPS) is 10.4. The molecule has 0 aliphatic heterocycles. The Bertz CT molecular complexity index is 636. The van der Waals surface area contributed by atoms with Gasteiger partial charge in [0.15, 0.2) is 5.11 Å². The number of hydrogen-bond acceptors (Lipinski definition) is 3. The second kappa shape index (κ2) is 8.33. The molecule has 23 heavy (non-hydrogen) atoms. The Hall–Kier alpha value is -2.34. The Balaban J connectivity index is 1.70. The van der Waals surface area contributed by atoms with Gasteiger partial charge in [0.2, 0.25) is 5.91 Å². The van der Waals surface area contributed by atoms with Crippen molar-refractivity contribution in [1.82, 2.24) is 10.6 Å². The average molecular weight is 331 g/mol. The van der Waals surface area contributed by atoms with Gasteiger partial charge in [0.05, 0.1) is 19.4 Å². The van der Waals surface area contributed by atoms with Crippen molar-refractivity contribution in [3.05, 3.63) is 54.0 Å². The summed E-state index contributed by atoms with van der Waals surface area (Å²) in [4.78, 5) is 11.7. The van der Waals surface area contributed by atoms with E-state index in [9.17, 15) is 4.79 Å². The van der Waals surface area contributed by atoms with Crippen LogP contribution in [0.25, 0.3) is 0 Å². The molecule has 0 atom stereocenters. The molecular formula is C17H21N3O2S. The molecule has 2 rings (SSSR count). The van der Waals surface area contributed by atoms with Gasteiger partial charge in [-0.3, -0.25) is 4.79 Å². The van der Waals surface area contributed by atoms with E-state index in [0.717, 1.165) is 5.69 Å². The molecule has 3 N–H and O–H groups in total. The zero-order valence-corrected chi connectivity index (χ0v) is 14.1. The predicted molar refractivity (Wildman–Crippen MR) is 95.3 cm³/mol. The van der Waals surface area contributed by atoms with Crippen molar-refractivity contribution in [1.29, 1.82) is 0 Å². The van der Waals surface area contributed by atoms with Gasteiger partial charge in [0.25, 0.3) is 0 Å². The average Bonchev–Trinajstić information content (AvgIpc) is 3.05. The number of thiocarbonyl (C=S) groups is 1. The van der Waals surface area contributed by atoms with Crippen LogP contribution in [0, 0.1) is 0 Å². The molecule has 5 nitrogen and oxygen atoms in total. The fraction of sp³-hybridized carbons (Fsp3) is 0.294. The molecule has 6 heteroatoms. The van der Waals surface area contributed by atoms with Crippen molar-refractivity contribution in [3.8, 4) is 0 Å². The third-order valence-corrected chi connectivity index (χ3v) is 3.53. The van der Waals surface area contributed by atoms with Gasteiger partial charge in [-0.15, -0.1) is 0 Å². The summed E-state index contributed by atoms with van der Waals surface area (Å²) in [5, 5.41) is 9.09. The second-order valence-corrected chi connectivity index (χ2v) is 5.85. The molecule has 2 aromatic rings. The van der Waals surface area contributed by atoms with Crippen LogP contribution < -0.4 is 16.0 Å². The molecule has 0 spiro atoms. The lowest BCUT2D eigenvalue weighted by atomic mass is 10.0. The SMILES string of the molecule is CC(C)c1ccc(NC(=S)NCC(=O)NCc2ccco2)cc1. The highest BCUT2D eigenvalue weighted by Crippen LogP contribution is 2.16. The van der Waals surface area contributed by atoms with Crippen LogP contribution in [-0.4, -0.2) is 17.6 Å². The van der Waals surface area contributed by atoms with Crippen molar-refractivity contribution in [3.63, 3.8) is 0 Å². The van der Waals surface area contributed by atoms with Crippen LogP contribution >= 0.6 is 12.2 Å². The van der Waals surface area contributed by atoms with Crippen molar-refractivity contribution < 1.29 is 9.21 Å². The molecule has 0 aliphatic carbocycles. The number of amides is 1. The van der Waals surface area contributed by atoms with Crippen LogP contribution in [-0.2, 0) is 11.3 Å². The van der Waals surface area contributed by atoms with E-state index in [1.165, 1.54) is 5.56 Å². The minimum atomic E-state index is -0.152. The lowest BCUT2D eigenvalue weighted by molar-refractivity contribution is -0.120. The molecule has 1 amide bonds. The van der Waals surface area contributed by atoms with Gasteiger partial charge in [0, 0.05) is 5.69 Å². The van der Waals surface area contributed by atoms with E-state index in [0.29, 0.717) is 23.3 Å². The zero-order valence-electron chi connectivity index (χ0n) is 13.3. The van der Waals surface area contributed by atoms with Crippen LogP contribution in [0.5, 0.6) is 0 Å². The van der Waals surface area contributed by atoms with Gasteiger partial charge >= 0.3 is 0 Å². The van der Waals surface area contributed by atoms with E-state index in [1.807, 2.05) is 12.1 Å². The lowest BCUT2D eigenvalue weighted by Crippen LogP contribution is -2.38. The number of rotatable bonds is 6. The third-order valence-electron chi connectivity index (χ3n) is 3.28. The van der Waals surface area contributed by atoms with Crippen molar-refractivity contribution >= 4 is 28.9 Å². The summed E-state index contributed by atoms with van der Waals surface area (Å²) in [5.41, 5.74) is 2.16. The van der Waals surface area contributed by atoms with E-state index in [-0.39, 0.29) is 12.5 Å². The van der Waals surface area contributed by atoms with Crippen LogP contribution in [0.2, 0.25) is 0 Å². The Morgan fingerprint density at radius 3 is 2.52 bits per heavy atom. The highest BCUT2D eigenvalue weighted by Gasteiger charge is 2.05. The molecule has 0 radical (unpaired) electrons. The summed E-state index contributed by atoms with van der Waals surface area (Å²) in [5.74, 6) is 1.05. The fourth-order valence-electron chi connectivity index (χ4n) is 1.95. The summed E-state index contributed by atoms with van der Waals surface area (Å²) in [6.07, 6.45) is 1.57. The molecule has 1 aromatic carbocycles. The Morgan fingerprint density at radius 2 is 1.91 bits per heavy atom. The molecule has 1 heterocycles. The number of carbonyl (C=O) groups is 1. The molecule has 122 valence electrons. The van der Waals surface area contributed by atoms with Gasteiger partial charge in [-0.25, -0.2) is 0 Å². The van der Waals surface area contributed by atoms with E-state index < -0.39 is 0 Å². The van der Waals surface area contributed by atoms with Crippen molar-refractivity contribution in [2.75, 3.05) is 11.9 Å². The Labute approximate surface area is 141 Å². The van der Waals surface area contributed by atoms with Crippen LogP contribution in [0.4, 0.5) is 5.69 Å². The molecule has 0 saturated heterocycles. The van der Waals surface area contributed by atoms with Crippen LogP contribution in [0.1, 0.15) is 31.1 Å². The number of hydrogen-bond donors (Lipinski definition) is 3. The summed E-state index contributed by atoms with van der Waals surface area (Å²) < 4.78 is 5.14. The molecule has 1 aromatic heterocycles. The van der Waals surface area contributed by atoms with Gasteiger partial charge in [-0.1, -0.05) is 26.0 Å². The number of carbonyl (C=O) groups excluding carboxylic acids is 1. The quantitative estimate of drug-likeness (QED) is 0.710. The minimum Gasteiger partial charge on any atom is -0.467 e. The maximum Gasteiger partial charge on any atom is 0.239 e. The molecule has 0 fully saturated rings. The smallest absolute Gasteiger partial charge is 0.239 e. The Kier molecular flexibility index (Phi) is 6.17. The van der Waals surface area contributed by atoms with Crippen LogP contribution in [0.15, 0.2) is 47.1 Å². The first-order valence-electron chi connectivity index (χ1n) is 7.48. The molecule has 0 bridgehead atoms. The summed E-state index contributed by atoms with van der Waals surface area (Å²) in [6.45, 7) is 4.77. The first kappa shape index (κ1) is 17.0. The zero-order chi connectivity index (χ0) is 16.7. The number of anilines is 1. The fourth-order valence-corrected chi connectivity index (χ4v) is 2.14. The van der Waals surface area contributed by atoms with Gasteiger partial charge in [0.1, 0.15) is 5.76 Å². The van der Waals surface area contributed by atoms with E-state index in [1.54, 1.807) is 18.4 Å². The Morgan fingerprint density at radius 1 is 1.17 bits per heavy atom. The summed E-state index contributed by atoms with van der Waals surface area (Å²) in [7, 11) is 0. The first-order valence-corrected chi connectivity index (χ1v) is 7.89. The van der Waals surface area contributed by atoms with Gasteiger partial charge in [-0.2, -0.15) is 0 Å². The number of furan rings is 1. The largest absolute Gasteiger partial charge is 0.467 e. The number of nitrogens with one attached hydrogen (secondary N) is 3. The topological polar surface area (TPSA) is 66.3 Å². The maximum absolute atomic E-state index is 11.7. The third kappa shape index (κ3) is 5.75. The monoisotopic (exact) mass is 331 g/mol. The molecule has 0 saturated carbocycles. The summed E-state index contributed by atoms with van der Waals surface area (Å²) >= 11 is 5.18. The minimum absolute atomic E-state index is 0.108. The lowest BCUT2D eigenvalue weighted by Gasteiger charge is -2.11. The highest BCUT2D eigenvalue weighted by atomic mass is 32.1. The van der Waals surface area contributed by atoms with Crippen molar-refractivity contribution in [2.24, 2.45) is 0 Å². The van der Waals surface area contributed by atoms with Crippen molar-refractivity contribution in [2.45, 2.75) is 26.3 Å². The molecule has 0 aliphatic rings. The summed E-state index contributed by atoms with van der Waals surface area (Å²) in [6, 6.07) is 11.7. The maximum atomic E-state index is 11.7. The van der Waals surface area contributed by atoms with E-state index in [2.05, 4.69) is 41.9 Å². The predicted octanol–water partition coefficient (Wildman–Crippen LogP) is 3.01. The first-order chi connectivity index (χ1) is 11.0. The number of benzene rings is 1. The van der Waals surface area contributed by atoms with Crippen LogP contribution in [0.3, 0.4) is 0 Å². The molecular weight excluding hydrogens is 310 g/mol. The van der Waals surface area contributed by atoms with Gasteiger partial charge < -0.3 is 20.4 Å². The van der Waals surface area contributed by atoms with E-state index in [4.69, 9.17) is 16.6 Å². The van der Waals surface area contributed by atoms with Gasteiger partial charge in [-0.05, 0) is 48.0 Å². The standard InChI is InChI=1S/C17H21N3O2S/c1-12(2)13-5-7-14(8-6-13)20-17(23)19-11-16(21)18-10-15-4-3-9-22-15/h3-9,12H,10-11H2,1-2H3,(H,18,21)(H2,19,20,23). The molecule has 0 unspecified atom stereocenters. The highest BCUT2D eigenvalue weighted by molar-refractivity contribution is 7.80. The second-order valence-electron chi connectivity index (χ2n) is 5.44. The van der Waals surface area contributed by atoms with E-state index >= 15 is 0 Å².